The molecule has 128 valence electrons. The van der Waals surface area contributed by atoms with Crippen LogP contribution in [0.5, 0.6) is 0 Å². The molecule has 1 heterocycles. The van der Waals surface area contributed by atoms with Crippen molar-refractivity contribution < 1.29 is 14.8 Å². The Bertz CT molecular complexity index is 798. The third kappa shape index (κ3) is 4.09. The fourth-order valence-corrected chi connectivity index (χ4v) is 2.94. The van der Waals surface area contributed by atoms with Gasteiger partial charge in [0.15, 0.2) is 0 Å². The first-order valence-corrected chi connectivity index (χ1v) is 8.36. The summed E-state index contributed by atoms with van der Waals surface area (Å²) < 4.78 is 0. The second-order valence-corrected chi connectivity index (χ2v) is 6.07. The number of amides is 2. The first kappa shape index (κ1) is 16.8. The maximum absolute atomic E-state index is 12.6. The number of nitroso groups, excluding NO2 is 1. The van der Waals surface area contributed by atoms with E-state index in [1.165, 1.54) is 0 Å². The summed E-state index contributed by atoms with van der Waals surface area (Å²) in [5.74, 6) is -0.358. The molecule has 0 aromatic heterocycles. The molecule has 25 heavy (non-hydrogen) atoms. The van der Waals surface area contributed by atoms with E-state index in [1.807, 2.05) is 4.90 Å². The summed E-state index contributed by atoms with van der Waals surface area (Å²) in [7, 11) is 0. The van der Waals surface area contributed by atoms with Crippen LogP contribution in [0, 0.1) is 4.91 Å². The molecule has 2 N–H and O–H groups in total. The third-order valence-corrected chi connectivity index (χ3v) is 4.25. The fraction of sp³-hybridized carbons (Fsp3) is 0.263. The SMILES string of the molecule is O=[NH+]c1cccc(NC(=O)c2cccc(C(=O)N3CCCCC3)c2)c1. The van der Waals surface area contributed by atoms with Crippen molar-refractivity contribution in [3.05, 3.63) is 64.6 Å². The molecular weight excluding hydrogens is 318 g/mol. The van der Waals surface area contributed by atoms with Crippen LogP contribution in [0.4, 0.5) is 11.4 Å². The topological polar surface area (TPSA) is 80.5 Å². The fourth-order valence-electron chi connectivity index (χ4n) is 2.94. The monoisotopic (exact) mass is 338 g/mol. The average Bonchev–Trinajstić information content (AvgIpc) is 2.68. The van der Waals surface area contributed by atoms with Gasteiger partial charge in [0.2, 0.25) is 0 Å². The van der Waals surface area contributed by atoms with E-state index in [0.29, 0.717) is 22.5 Å². The van der Waals surface area contributed by atoms with E-state index in [0.717, 1.165) is 32.4 Å². The van der Waals surface area contributed by atoms with E-state index in [-0.39, 0.29) is 11.8 Å². The van der Waals surface area contributed by atoms with Crippen LogP contribution in [-0.4, -0.2) is 29.8 Å². The average molecular weight is 338 g/mol. The van der Waals surface area contributed by atoms with E-state index in [2.05, 4.69) is 5.32 Å². The van der Waals surface area contributed by atoms with Gasteiger partial charge in [0.1, 0.15) is 0 Å². The Kier molecular flexibility index (Phi) is 5.18. The molecule has 0 unspecified atom stereocenters. The Labute approximate surface area is 145 Å². The van der Waals surface area contributed by atoms with Crippen molar-refractivity contribution in [2.24, 2.45) is 0 Å². The van der Waals surface area contributed by atoms with E-state index in [9.17, 15) is 14.5 Å². The smallest absolute Gasteiger partial charge is 0.255 e. The zero-order valence-corrected chi connectivity index (χ0v) is 13.8. The predicted octanol–water partition coefficient (Wildman–Crippen LogP) is 2.04. The molecule has 0 radical (unpaired) electrons. The Morgan fingerprint density at radius 3 is 2.40 bits per heavy atom. The Morgan fingerprint density at radius 2 is 1.64 bits per heavy atom. The molecule has 3 rings (SSSR count). The lowest BCUT2D eigenvalue weighted by atomic mass is 10.1. The molecule has 2 aromatic carbocycles. The molecule has 6 heteroatoms. The van der Waals surface area contributed by atoms with Crippen molar-refractivity contribution in [1.82, 2.24) is 4.90 Å². The molecule has 0 bridgehead atoms. The van der Waals surface area contributed by atoms with Gasteiger partial charge in [-0.05, 0) is 43.5 Å². The van der Waals surface area contributed by atoms with Gasteiger partial charge >= 0.3 is 0 Å². The summed E-state index contributed by atoms with van der Waals surface area (Å²) in [6, 6.07) is 13.2. The standard InChI is InChI=1S/C19H19N3O3/c23-18(20-16-8-5-9-17(13-16)21-25)14-6-4-7-15(12-14)19(24)22-10-2-1-3-11-22/h4-9,12-13H,1-3,10-11H2,(H,20,23)/p+1. The van der Waals surface area contributed by atoms with Crippen LogP contribution in [0.3, 0.4) is 0 Å². The minimum absolute atomic E-state index is 0.0353. The number of piperidine rings is 1. The number of carbonyl (C=O) groups excluding carboxylic acids is 2. The summed E-state index contributed by atoms with van der Waals surface area (Å²) in [5.41, 5.74) is 1.80. The van der Waals surface area contributed by atoms with E-state index in [4.69, 9.17) is 0 Å². The van der Waals surface area contributed by atoms with Crippen molar-refractivity contribution >= 4 is 23.2 Å². The highest BCUT2D eigenvalue weighted by atomic mass is 16.3. The zero-order valence-electron chi connectivity index (χ0n) is 13.8. The second kappa shape index (κ2) is 7.70. The Hall–Kier alpha value is -3.02. The van der Waals surface area contributed by atoms with Crippen LogP contribution in [0.25, 0.3) is 0 Å². The number of carbonyl (C=O) groups is 2. The minimum atomic E-state index is -0.323. The molecule has 1 aliphatic heterocycles. The van der Waals surface area contributed by atoms with Crippen LogP contribution in [0.1, 0.15) is 40.0 Å². The predicted molar refractivity (Wildman–Crippen MR) is 94.6 cm³/mol. The minimum Gasteiger partial charge on any atom is -0.339 e. The van der Waals surface area contributed by atoms with Gasteiger partial charge in [0.05, 0.1) is 0 Å². The lowest BCUT2D eigenvalue weighted by molar-refractivity contribution is -0.379. The van der Waals surface area contributed by atoms with E-state index in [1.54, 1.807) is 53.7 Å². The number of benzene rings is 2. The van der Waals surface area contributed by atoms with Gasteiger partial charge in [-0.2, -0.15) is 0 Å². The van der Waals surface area contributed by atoms with Gasteiger partial charge in [0, 0.05) is 52.1 Å². The van der Waals surface area contributed by atoms with Crippen LogP contribution >= 0.6 is 0 Å². The van der Waals surface area contributed by atoms with Gasteiger partial charge in [-0.15, -0.1) is 0 Å². The maximum atomic E-state index is 12.6. The van der Waals surface area contributed by atoms with Crippen molar-refractivity contribution in [1.29, 1.82) is 0 Å². The largest absolute Gasteiger partial charge is 0.339 e. The number of anilines is 1. The molecular formula is C19H20N3O3+. The van der Waals surface area contributed by atoms with Crippen LogP contribution in [-0.2, 0) is 0 Å². The first-order chi connectivity index (χ1) is 12.2. The highest BCUT2D eigenvalue weighted by molar-refractivity contribution is 6.06. The Balaban J connectivity index is 1.74. The van der Waals surface area contributed by atoms with E-state index >= 15 is 0 Å². The number of rotatable bonds is 4. The van der Waals surface area contributed by atoms with Crippen LogP contribution in [0.15, 0.2) is 48.5 Å². The zero-order chi connectivity index (χ0) is 17.6. The molecule has 1 aliphatic rings. The lowest BCUT2D eigenvalue weighted by Crippen LogP contribution is -2.55. The quantitative estimate of drug-likeness (QED) is 0.895. The Morgan fingerprint density at radius 1 is 0.920 bits per heavy atom. The summed E-state index contributed by atoms with van der Waals surface area (Å²) in [5, 5.41) is 4.53. The molecule has 1 saturated heterocycles. The molecule has 0 saturated carbocycles. The van der Waals surface area contributed by atoms with Crippen LogP contribution in [0.2, 0.25) is 0 Å². The maximum Gasteiger partial charge on any atom is 0.255 e. The molecule has 2 aromatic rings. The second-order valence-electron chi connectivity index (χ2n) is 6.07. The van der Waals surface area contributed by atoms with Gasteiger partial charge in [0.25, 0.3) is 17.5 Å². The summed E-state index contributed by atoms with van der Waals surface area (Å²) >= 11 is 0. The molecule has 0 aliphatic carbocycles. The van der Waals surface area contributed by atoms with Gasteiger partial charge < -0.3 is 10.2 Å². The molecule has 0 atom stereocenters. The van der Waals surface area contributed by atoms with E-state index < -0.39 is 0 Å². The summed E-state index contributed by atoms with van der Waals surface area (Å²) in [6.45, 7) is 1.54. The summed E-state index contributed by atoms with van der Waals surface area (Å²) in [6.07, 6.45) is 3.20. The number of hydrogen-bond donors (Lipinski definition) is 2. The number of nitrogens with zero attached hydrogens (tertiary/aromatic N) is 1. The van der Waals surface area contributed by atoms with Gasteiger partial charge in [-0.1, -0.05) is 12.1 Å². The molecule has 2 amide bonds. The number of nitrogens with one attached hydrogen (secondary N) is 2. The normalized spacial score (nSPS) is 14.0. The molecule has 6 nitrogen and oxygen atoms in total. The van der Waals surface area contributed by atoms with Crippen molar-refractivity contribution in [2.75, 3.05) is 18.4 Å². The van der Waals surface area contributed by atoms with Crippen molar-refractivity contribution in [3.8, 4) is 0 Å². The number of hydrogen-bond acceptors (Lipinski definition) is 3. The van der Waals surface area contributed by atoms with Crippen LogP contribution < -0.4 is 10.5 Å². The molecule has 1 fully saturated rings. The highest BCUT2D eigenvalue weighted by Crippen LogP contribution is 2.16. The number of likely N-dealkylation sites (tertiary alicyclic amines) is 1. The lowest BCUT2D eigenvalue weighted by Gasteiger charge is -2.26. The van der Waals surface area contributed by atoms with Gasteiger partial charge in [-0.25, -0.2) is 0 Å². The first-order valence-electron chi connectivity index (χ1n) is 8.36. The third-order valence-electron chi connectivity index (χ3n) is 4.25. The van der Waals surface area contributed by atoms with Crippen molar-refractivity contribution in [3.63, 3.8) is 0 Å². The van der Waals surface area contributed by atoms with Crippen molar-refractivity contribution in [2.45, 2.75) is 19.3 Å². The highest BCUT2D eigenvalue weighted by Gasteiger charge is 2.19. The molecule has 0 spiro atoms. The summed E-state index contributed by atoms with van der Waals surface area (Å²) in [4.78, 5) is 37.5. The van der Waals surface area contributed by atoms with Gasteiger partial charge in [-0.3, -0.25) is 9.59 Å².